The van der Waals surface area contributed by atoms with Crippen LogP contribution in [0.2, 0.25) is 0 Å². The van der Waals surface area contributed by atoms with Crippen molar-refractivity contribution >= 4 is 17.7 Å². The van der Waals surface area contributed by atoms with Crippen molar-refractivity contribution in [2.24, 2.45) is 0 Å². The van der Waals surface area contributed by atoms with Crippen LogP contribution in [-0.2, 0) is 4.74 Å². The molecule has 0 aromatic heterocycles. The first kappa shape index (κ1) is 16.1. The molecule has 2 amide bonds. The number of urea groups is 1. The number of esters is 1. The van der Waals surface area contributed by atoms with E-state index in [4.69, 9.17) is 4.74 Å². The predicted molar refractivity (Wildman–Crippen MR) is 85.3 cm³/mol. The van der Waals surface area contributed by atoms with Gasteiger partial charge in [0.05, 0.1) is 12.7 Å². The zero-order valence-electron chi connectivity index (χ0n) is 13.2. The zero-order chi connectivity index (χ0) is 15.9. The number of ether oxygens (including phenoxy) is 1. The van der Waals surface area contributed by atoms with Gasteiger partial charge in [-0.15, -0.1) is 0 Å². The Hall–Kier alpha value is -2.24. The van der Waals surface area contributed by atoms with Crippen molar-refractivity contribution in [3.63, 3.8) is 0 Å². The maximum atomic E-state index is 11.9. The molecule has 1 N–H and O–H groups in total. The first-order valence-corrected chi connectivity index (χ1v) is 7.61. The minimum atomic E-state index is -0.330. The molecular weight excluding hydrogens is 282 g/mol. The second-order valence-electron chi connectivity index (χ2n) is 5.24. The number of anilines is 1. The average molecular weight is 305 g/mol. The number of carbonyl (C=O) groups excluding carboxylic acids is 2. The van der Waals surface area contributed by atoms with Gasteiger partial charge in [0.15, 0.2) is 0 Å². The van der Waals surface area contributed by atoms with E-state index >= 15 is 0 Å². The van der Waals surface area contributed by atoms with Crippen molar-refractivity contribution in [2.75, 3.05) is 44.7 Å². The summed E-state index contributed by atoms with van der Waals surface area (Å²) in [6.07, 6.45) is 0.943. The SMILES string of the molecule is CCCNC(=O)N1CCN(c2ccc(C(=O)OC)cc2)CC1. The van der Waals surface area contributed by atoms with Gasteiger partial charge in [-0.1, -0.05) is 6.92 Å². The van der Waals surface area contributed by atoms with Crippen LogP contribution in [0.1, 0.15) is 23.7 Å². The Morgan fingerprint density at radius 2 is 1.77 bits per heavy atom. The lowest BCUT2D eigenvalue weighted by Crippen LogP contribution is -2.52. The molecule has 1 fully saturated rings. The third-order valence-electron chi connectivity index (χ3n) is 3.75. The van der Waals surface area contributed by atoms with Crippen LogP contribution in [0.3, 0.4) is 0 Å². The fourth-order valence-corrected chi connectivity index (χ4v) is 2.44. The third kappa shape index (κ3) is 3.90. The molecule has 0 atom stereocenters. The minimum absolute atomic E-state index is 0.0162. The standard InChI is InChI=1S/C16H23N3O3/c1-3-8-17-16(21)19-11-9-18(10-12-19)14-6-4-13(5-7-14)15(20)22-2/h4-7H,3,8-12H2,1-2H3,(H,17,21). The number of rotatable bonds is 4. The van der Waals surface area contributed by atoms with Gasteiger partial charge < -0.3 is 19.9 Å². The number of hydrogen-bond donors (Lipinski definition) is 1. The van der Waals surface area contributed by atoms with Crippen LogP contribution in [0.5, 0.6) is 0 Å². The van der Waals surface area contributed by atoms with E-state index < -0.39 is 0 Å². The van der Waals surface area contributed by atoms with Crippen LogP contribution in [0.15, 0.2) is 24.3 Å². The summed E-state index contributed by atoms with van der Waals surface area (Å²) in [6.45, 7) is 5.74. The fourth-order valence-electron chi connectivity index (χ4n) is 2.44. The van der Waals surface area contributed by atoms with Crippen molar-refractivity contribution in [3.05, 3.63) is 29.8 Å². The molecule has 0 aliphatic carbocycles. The van der Waals surface area contributed by atoms with Gasteiger partial charge in [-0.25, -0.2) is 9.59 Å². The molecule has 1 aromatic carbocycles. The Bertz CT molecular complexity index is 508. The number of nitrogens with one attached hydrogen (secondary N) is 1. The molecule has 1 heterocycles. The van der Waals surface area contributed by atoms with Gasteiger partial charge in [-0.05, 0) is 30.7 Å². The third-order valence-corrected chi connectivity index (χ3v) is 3.75. The van der Waals surface area contributed by atoms with Crippen LogP contribution in [0.4, 0.5) is 10.5 Å². The number of piperazine rings is 1. The maximum absolute atomic E-state index is 11.9. The van der Waals surface area contributed by atoms with Gasteiger partial charge in [0.25, 0.3) is 0 Å². The predicted octanol–water partition coefficient (Wildman–Crippen LogP) is 1.71. The van der Waals surface area contributed by atoms with E-state index in [1.165, 1.54) is 7.11 Å². The molecule has 1 aliphatic rings. The quantitative estimate of drug-likeness (QED) is 0.860. The number of nitrogens with zero attached hydrogens (tertiary/aromatic N) is 2. The molecule has 0 radical (unpaired) electrons. The Morgan fingerprint density at radius 3 is 2.32 bits per heavy atom. The number of amides is 2. The molecule has 0 bridgehead atoms. The van der Waals surface area contributed by atoms with E-state index in [0.29, 0.717) is 25.2 Å². The van der Waals surface area contributed by atoms with Gasteiger partial charge in [-0.2, -0.15) is 0 Å². The van der Waals surface area contributed by atoms with Gasteiger partial charge in [-0.3, -0.25) is 0 Å². The van der Waals surface area contributed by atoms with Crippen molar-refractivity contribution in [1.82, 2.24) is 10.2 Å². The maximum Gasteiger partial charge on any atom is 0.337 e. The van der Waals surface area contributed by atoms with Gasteiger partial charge in [0.2, 0.25) is 0 Å². The zero-order valence-corrected chi connectivity index (χ0v) is 13.2. The number of benzene rings is 1. The summed E-state index contributed by atoms with van der Waals surface area (Å²) < 4.78 is 4.69. The summed E-state index contributed by atoms with van der Waals surface area (Å²) in [4.78, 5) is 27.4. The van der Waals surface area contributed by atoms with Crippen molar-refractivity contribution < 1.29 is 14.3 Å². The second-order valence-corrected chi connectivity index (χ2v) is 5.24. The first-order valence-electron chi connectivity index (χ1n) is 7.61. The lowest BCUT2D eigenvalue weighted by atomic mass is 10.2. The Morgan fingerprint density at radius 1 is 1.14 bits per heavy atom. The highest BCUT2D eigenvalue weighted by atomic mass is 16.5. The molecule has 22 heavy (non-hydrogen) atoms. The van der Waals surface area contributed by atoms with E-state index in [1.54, 1.807) is 12.1 Å². The van der Waals surface area contributed by atoms with E-state index in [-0.39, 0.29) is 12.0 Å². The number of methoxy groups -OCH3 is 1. The summed E-state index contributed by atoms with van der Waals surface area (Å²) >= 11 is 0. The van der Waals surface area contributed by atoms with Gasteiger partial charge in [0.1, 0.15) is 0 Å². The van der Waals surface area contributed by atoms with Crippen LogP contribution in [0.25, 0.3) is 0 Å². The summed E-state index contributed by atoms with van der Waals surface area (Å²) in [7, 11) is 1.37. The van der Waals surface area contributed by atoms with Crippen LogP contribution >= 0.6 is 0 Å². The topological polar surface area (TPSA) is 61.9 Å². The summed E-state index contributed by atoms with van der Waals surface area (Å²) in [5.41, 5.74) is 1.60. The summed E-state index contributed by atoms with van der Waals surface area (Å²) in [5.74, 6) is -0.330. The Kier molecular flexibility index (Phi) is 5.63. The fraction of sp³-hybridized carbons (Fsp3) is 0.500. The van der Waals surface area contributed by atoms with Crippen LogP contribution in [0, 0.1) is 0 Å². The minimum Gasteiger partial charge on any atom is -0.465 e. The van der Waals surface area contributed by atoms with E-state index in [2.05, 4.69) is 10.2 Å². The molecule has 0 unspecified atom stereocenters. The molecule has 0 saturated carbocycles. The van der Waals surface area contributed by atoms with Gasteiger partial charge >= 0.3 is 12.0 Å². The molecule has 0 spiro atoms. The highest BCUT2D eigenvalue weighted by Crippen LogP contribution is 2.17. The van der Waals surface area contributed by atoms with Crippen LogP contribution in [-0.4, -0.2) is 56.7 Å². The van der Waals surface area contributed by atoms with Crippen molar-refractivity contribution in [3.8, 4) is 0 Å². The number of hydrogen-bond acceptors (Lipinski definition) is 4. The van der Waals surface area contributed by atoms with E-state index in [9.17, 15) is 9.59 Å². The summed E-state index contributed by atoms with van der Waals surface area (Å²) in [5, 5.41) is 2.90. The largest absolute Gasteiger partial charge is 0.465 e. The monoisotopic (exact) mass is 305 g/mol. The molecule has 2 rings (SSSR count). The van der Waals surface area contributed by atoms with Gasteiger partial charge in [0, 0.05) is 38.4 Å². The molecule has 6 nitrogen and oxygen atoms in total. The molecule has 1 aliphatic heterocycles. The molecular formula is C16H23N3O3. The van der Waals surface area contributed by atoms with Crippen molar-refractivity contribution in [1.29, 1.82) is 0 Å². The molecule has 1 aromatic rings. The smallest absolute Gasteiger partial charge is 0.337 e. The molecule has 6 heteroatoms. The van der Waals surface area contributed by atoms with Crippen molar-refractivity contribution in [2.45, 2.75) is 13.3 Å². The average Bonchev–Trinajstić information content (AvgIpc) is 2.59. The lowest BCUT2D eigenvalue weighted by Gasteiger charge is -2.36. The second kappa shape index (κ2) is 7.68. The summed E-state index contributed by atoms with van der Waals surface area (Å²) in [6, 6.07) is 7.38. The van der Waals surface area contributed by atoms with E-state index in [0.717, 1.165) is 25.2 Å². The number of carbonyl (C=O) groups is 2. The normalized spacial score (nSPS) is 14.6. The molecule has 1 saturated heterocycles. The molecule has 120 valence electrons. The van der Waals surface area contributed by atoms with Crippen LogP contribution < -0.4 is 10.2 Å². The Balaban J connectivity index is 1.88. The highest BCUT2D eigenvalue weighted by molar-refractivity contribution is 5.89. The first-order chi connectivity index (χ1) is 10.7. The van der Waals surface area contributed by atoms with E-state index in [1.807, 2.05) is 24.0 Å². The Labute approximate surface area is 131 Å². The lowest BCUT2D eigenvalue weighted by molar-refractivity contribution is 0.0600. The highest BCUT2D eigenvalue weighted by Gasteiger charge is 2.21.